The molecule has 0 unspecified atom stereocenters. The monoisotopic (exact) mass is 372 g/mol. The lowest BCUT2D eigenvalue weighted by atomic mass is 10.2. The molecule has 4 rings (SSSR count). The van der Waals surface area contributed by atoms with Gasteiger partial charge in [-0.2, -0.15) is 5.10 Å². The molecule has 0 saturated carbocycles. The number of para-hydroxylation sites is 2. The van der Waals surface area contributed by atoms with Gasteiger partial charge in [0.05, 0.1) is 11.4 Å². The van der Waals surface area contributed by atoms with Crippen LogP contribution in [0, 0.1) is 0 Å². The van der Waals surface area contributed by atoms with Gasteiger partial charge >= 0.3 is 0 Å². The van der Waals surface area contributed by atoms with Crippen molar-refractivity contribution >= 4 is 23.4 Å². The van der Waals surface area contributed by atoms with Crippen molar-refractivity contribution < 1.29 is 4.79 Å². The fourth-order valence-electron chi connectivity index (χ4n) is 2.59. The molecule has 2 aromatic carbocycles. The number of nitrogens with one attached hydrogen (secondary N) is 1. The van der Waals surface area contributed by atoms with Crippen molar-refractivity contribution in [3.63, 3.8) is 0 Å². The zero-order chi connectivity index (χ0) is 18.5. The topological polar surface area (TPSA) is 59.8 Å². The summed E-state index contributed by atoms with van der Waals surface area (Å²) in [5.74, 6) is -0.163. The van der Waals surface area contributed by atoms with E-state index in [9.17, 15) is 4.79 Å². The summed E-state index contributed by atoms with van der Waals surface area (Å²) in [5.41, 5.74) is 2.12. The summed E-state index contributed by atoms with van der Waals surface area (Å²) in [6.07, 6.45) is 5.31. The maximum Gasteiger partial charge on any atom is 0.255 e. The van der Waals surface area contributed by atoms with E-state index < -0.39 is 0 Å². The molecule has 2 aromatic heterocycles. The molecule has 4 aromatic rings. The second-order valence-electron chi connectivity index (χ2n) is 5.72. The maximum atomic E-state index is 12.6. The number of carbonyl (C=O) groups excluding carboxylic acids is 1. The van der Waals surface area contributed by atoms with Gasteiger partial charge in [-0.15, -0.1) is 0 Å². The molecule has 0 spiro atoms. The van der Waals surface area contributed by atoms with Crippen LogP contribution in [0.1, 0.15) is 10.4 Å². The molecule has 0 bridgehead atoms. The number of aromatic nitrogens is 3. The van der Waals surface area contributed by atoms with Crippen LogP contribution in [-0.2, 0) is 0 Å². The molecule has 1 N–H and O–H groups in total. The van der Waals surface area contributed by atoms with E-state index in [1.165, 1.54) is 0 Å². The number of anilines is 1. The minimum atomic E-state index is -0.163. The Morgan fingerprint density at radius 3 is 2.44 bits per heavy atom. The third-order valence-corrected chi connectivity index (χ3v) is 4.84. The average Bonchev–Trinajstić information content (AvgIpc) is 3.24. The number of rotatable bonds is 5. The minimum Gasteiger partial charge on any atom is -0.320 e. The first-order chi connectivity index (χ1) is 13.3. The van der Waals surface area contributed by atoms with Crippen LogP contribution in [0.15, 0.2) is 101 Å². The molecule has 6 heteroatoms. The Hall–Kier alpha value is -3.38. The lowest BCUT2D eigenvalue weighted by Gasteiger charge is -2.11. The smallest absolute Gasteiger partial charge is 0.255 e. The third-order valence-electron chi connectivity index (χ3n) is 3.88. The molecular weight excluding hydrogens is 356 g/mol. The number of hydrogen-bond donors (Lipinski definition) is 1. The molecule has 0 atom stereocenters. The van der Waals surface area contributed by atoms with Crippen LogP contribution in [0.4, 0.5) is 5.69 Å². The van der Waals surface area contributed by atoms with Crippen molar-refractivity contribution in [2.24, 2.45) is 0 Å². The molecule has 0 aliphatic carbocycles. The van der Waals surface area contributed by atoms with E-state index >= 15 is 0 Å². The molecule has 0 saturated heterocycles. The Bertz CT molecular complexity index is 1030. The van der Waals surface area contributed by atoms with E-state index in [0.717, 1.165) is 15.6 Å². The second-order valence-corrected chi connectivity index (χ2v) is 6.81. The Labute approximate surface area is 161 Å². The van der Waals surface area contributed by atoms with Gasteiger partial charge in [-0.1, -0.05) is 30.0 Å². The lowest BCUT2D eigenvalue weighted by molar-refractivity contribution is 0.102. The van der Waals surface area contributed by atoms with Crippen LogP contribution in [0.5, 0.6) is 0 Å². The number of pyridine rings is 1. The van der Waals surface area contributed by atoms with Crippen LogP contribution in [0.3, 0.4) is 0 Å². The molecule has 0 aliphatic heterocycles. The fourth-order valence-corrected chi connectivity index (χ4v) is 3.36. The van der Waals surface area contributed by atoms with Crippen molar-refractivity contribution in [2.75, 3.05) is 5.32 Å². The standard InChI is InChI=1S/C21H16N4OS/c26-21(24-18-6-1-2-7-19(18)25-15-5-14-23-25)16-9-11-17(12-10-16)27-20-8-3-4-13-22-20/h1-15H,(H,24,26). The van der Waals surface area contributed by atoms with E-state index in [0.29, 0.717) is 11.3 Å². The molecule has 1 amide bonds. The number of benzene rings is 2. The molecule has 0 fully saturated rings. The van der Waals surface area contributed by atoms with E-state index in [-0.39, 0.29) is 5.91 Å². The van der Waals surface area contributed by atoms with Crippen molar-refractivity contribution in [1.29, 1.82) is 0 Å². The molecule has 27 heavy (non-hydrogen) atoms. The molecule has 5 nitrogen and oxygen atoms in total. The normalized spacial score (nSPS) is 10.5. The first-order valence-corrected chi connectivity index (χ1v) is 9.20. The van der Waals surface area contributed by atoms with Crippen molar-refractivity contribution in [3.8, 4) is 5.69 Å². The predicted octanol–water partition coefficient (Wildman–Crippen LogP) is 4.67. The van der Waals surface area contributed by atoms with E-state index in [1.54, 1.807) is 28.8 Å². The van der Waals surface area contributed by atoms with E-state index in [1.807, 2.05) is 79.0 Å². The highest BCUT2D eigenvalue weighted by Crippen LogP contribution is 2.26. The van der Waals surface area contributed by atoms with Gasteiger partial charge < -0.3 is 5.32 Å². The summed E-state index contributed by atoms with van der Waals surface area (Å²) < 4.78 is 1.72. The highest BCUT2D eigenvalue weighted by atomic mass is 32.2. The van der Waals surface area contributed by atoms with Crippen molar-refractivity contribution in [1.82, 2.24) is 14.8 Å². The average molecular weight is 372 g/mol. The Morgan fingerprint density at radius 2 is 1.70 bits per heavy atom. The van der Waals surface area contributed by atoms with Gasteiger partial charge in [0.1, 0.15) is 5.03 Å². The maximum absolute atomic E-state index is 12.6. The Kier molecular flexibility index (Phi) is 4.98. The van der Waals surface area contributed by atoms with Crippen molar-refractivity contribution in [3.05, 3.63) is 97.0 Å². The summed E-state index contributed by atoms with van der Waals surface area (Å²) in [7, 11) is 0. The van der Waals surface area contributed by atoms with Crippen LogP contribution in [0.2, 0.25) is 0 Å². The summed E-state index contributed by atoms with van der Waals surface area (Å²) in [5, 5.41) is 8.12. The molecular formula is C21H16N4OS. The first kappa shape index (κ1) is 17.1. The quantitative estimate of drug-likeness (QED) is 0.553. The zero-order valence-corrected chi connectivity index (χ0v) is 15.1. The summed E-state index contributed by atoms with van der Waals surface area (Å²) >= 11 is 1.56. The fraction of sp³-hybridized carbons (Fsp3) is 0. The van der Waals surface area contributed by atoms with Crippen LogP contribution < -0.4 is 5.32 Å². The summed E-state index contributed by atoms with van der Waals surface area (Å²) in [4.78, 5) is 18.0. The van der Waals surface area contributed by atoms with Gasteiger partial charge in [0.2, 0.25) is 0 Å². The van der Waals surface area contributed by atoms with Gasteiger partial charge in [0, 0.05) is 29.0 Å². The van der Waals surface area contributed by atoms with Crippen LogP contribution in [0.25, 0.3) is 5.69 Å². The van der Waals surface area contributed by atoms with E-state index in [2.05, 4.69) is 15.4 Å². The van der Waals surface area contributed by atoms with Gasteiger partial charge in [0.15, 0.2) is 0 Å². The summed E-state index contributed by atoms with van der Waals surface area (Å²) in [6, 6.07) is 22.7. The zero-order valence-electron chi connectivity index (χ0n) is 14.3. The van der Waals surface area contributed by atoms with E-state index in [4.69, 9.17) is 0 Å². The molecule has 0 radical (unpaired) electrons. The van der Waals surface area contributed by atoms with Crippen molar-refractivity contribution in [2.45, 2.75) is 9.92 Å². The SMILES string of the molecule is O=C(Nc1ccccc1-n1cccn1)c1ccc(Sc2ccccn2)cc1. The number of amides is 1. The highest BCUT2D eigenvalue weighted by molar-refractivity contribution is 7.99. The lowest BCUT2D eigenvalue weighted by Crippen LogP contribution is -2.13. The summed E-state index contributed by atoms with van der Waals surface area (Å²) in [6.45, 7) is 0. The highest BCUT2D eigenvalue weighted by Gasteiger charge is 2.10. The largest absolute Gasteiger partial charge is 0.320 e. The molecule has 0 aliphatic rings. The Balaban J connectivity index is 1.49. The minimum absolute atomic E-state index is 0.163. The van der Waals surface area contributed by atoms with Gasteiger partial charge in [-0.3, -0.25) is 4.79 Å². The van der Waals surface area contributed by atoms with Crippen LogP contribution in [-0.4, -0.2) is 20.7 Å². The Morgan fingerprint density at radius 1 is 0.889 bits per heavy atom. The van der Waals surface area contributed by atoms with Gasteiger partial charge in [0.25, 0.3) is 5.91 Å². The number of carbonyl (C=O) groups is 1. The van der Waals surface area contributed by atoms with Crippen LogP contribution >= 0.6 is 11.8 Å². The first-order valence-electron chi connectivity index (χ1n) is 8.39. The molecule has 2 heterocycles. The third kappa shape index (κ3) is 4.07. The predicted molar refractivity (Wildman–Crippen MR) is 106 cm³/mol. The number of nitrogens with zero attached hydrogens (tertiary/aromatic N) is 3. The number of hydrogen-bond acceptors (Lipinski definition) is 4. The molecule has 132 valence electrons. The van der Waals surface area contributed by atoms with Gasteiger partial charge in [-0.05, 0) is 54.6 Å². The van der Waals surface area contributed by atoms with Gasteiger partial charge in [-0.25, -0.2) is 9.67 Å². The second kappa shape index (κ2) is 7.88.